The van der Waals surface area contributed by atoms with E-state index in [0.29, 0.717) is 24.3 Å². The zero-order valence-corrected chi connectivity index (χ0v) is 20.2. The lowest BCUT2D eigenvalue weighted by molar-refractivity contribution is 0.104. The molecule has 1 aliphatic rings. The van der Waals surface area contributed by atoms with Gasteiger partial charge >= 0.3 is 0 Å². The van der Waals surface area contributed by atoms with Crippen LogP contribution in [0.5, 0.6) is 11.5 Å². The van der Waals surface area contributed by atoms with E-state index in [2.05, 4.69) is 11.0 Å². The van der Waals surface area contributed by atoms with Crippen molar-refractivity contribution in [3.05, 3.63) is 96.1 Å². The van der Waals surface area contributed by atoms with Gasteiger partial charge in [0.25, 0.3) is 0 Å². The Morgan fingerprint density at radius 3 is 2.31 bits per heavy atom. The van der Waals surface area contributed by atoms with Crippen LogP contribution in [0, 0.1) is 0 Å². The second-order valence-corrected chi connectivity index (χ2v) is 8.92. The van der Waals surface area contributed by atoms with E-state index in [0.717, 1.165) is 53.0 Å². The number of ketones is 1. The van der Waals surface area contributed by atoms with Crippen LogP contribution in [0.25, 0.3) is 21.9 Å². The van der Waals surface area contributed by atoms with Crippen LogP contribution in [0.4, 0.5) is 0 Å². The van der Waals surface area contributed by atoms with Gasteiger partial charge in [-0.05, 0) is 97.2 Å². The second-order valence-electron chi connectivity index (χ2n) is 8.92. The van der Waals surface area contributed by atoms with E-state index in [9.17, 15) is 4.79 Å². The van der Waals surface area contributed by atoms with Crippen LogP contribution in [0.1, 0.15) is 35.7 Å². The third-order valence-corrected chi connectivity index (χ3v) is 6.61. The first-order chi connectivity index (χ1) is 17.2. The fourth-order valence-corrected chi connectivity index (χ4v) is 4.81. The first-order valence-electron chi connectivity index (χ1n) is 12.5. The molecule has 0 saturated carbocycles. The molecule has 35 heavy (non-hydrogen) atoms. The molecule has 0 spiro atoms. The van der Waals surface area contributed by atoms with Crippen molar-refractivity contribution in [3.8, 4) is 22.6 Å². The third kappa shape index (κ3) is 5.23. The lowest BCUT2D eigenvalue weighted by Gasteiger charge is -2.16. The lowest BCUT2D eigenvalue weighted by atomic mass is 9.89. The molecule has 4 nitrogen and oxygen atoms in total. The monoisotopic (exact) mass is 465 g/mol. The Bertz CT molecular complexity index is 1290. The van der Waals surface area contributed by atoms with E-state index in [1.807, 2.05) is 85.8 Å². The molecule has 178 valence electrons. The van der Waals surface area contributed by atoms with Crippen LogP contribution in [-0.2, 0) is 0 Å². The SMILES string of the molecule is CCOc1ccc2c(C(=O)c3ccc(OCCN4CCCC4)cc3)c(-c3ccccc3)ccc2c1. The molecule has 5 rings (SSSR count). The molecule has 0 aromatic heterocycles. The van der Waals surface area contributed by atoms with Gasteiger partial charge in [0.2, 0.25) is 0 Å². The minimum absolute atomic E-state index is 0.00206. The van der Waals surface area contributed by atoms with Crippen LogP contribution in [0.3, 0.4) is 0 Å². The van der Waals surface area contributed by atoms with Crippen LogP contribution < -0.4 is 9.47 Å². The van der Waals surface area contributed by atoms with Crippen molar-refractivity contribution in [2.45, 2.75) is 19.8 Å². The van der Waals surface area contributed by atoms with Gasteiger partial charge in [-0.2, -0.15) is 0 Å². The fourth-order valence-electron chi connectivity index (χ4n) is 4.81. The maximum Gasteiger partial charge on any atom is 0.194 e. The number of hydrogen-bond donors (Lipinski definition) is 0. The van der Waals surface area contributed by atoms with Crippen molar-refractivity contribution in [1.82, 2.24) is 4.90 Å². The summed E-state index contributed by atoms with van der Waals surface area (Å²) in [4.78, 5) is 16.3. The van der Waals surface area contributed by atoms with Gasteiger partial charge in [-0.15, -0.1) is 0 Å². The van der Waals surface area contributed by atoms with Gasteiger partial charge in [0.05, 0.1) is 6.61 Å². The van der Waals surface area contributed by atoms with Crippen LogP contribution in [-0.4, -0.2) is 43.5 Å². The fraction of sp³-hybridized carbons (Fsp3) is 0.258. The van der Waals surface area contributed by atoms with Gasteiger partial charge in [-0.25, -0.2) is 0 Å². The average Bonchev–Trinajstić information content (AvgIpc) is 3.42. The Morgan fingerprint density at radius 2 is 1.57 bits per heavy atom. The van der Waals surface area contributed by atoms with Gasteiger partial charge in [0.1, 0.15) is 18.1 Å². The number of benzene rings is 4. The van der Waals surface area contributed by atoms with E-state index in [-0.39, 0.29) is 5.78 Å². The van der Waals surface area contributed by atoms with Gasteiger partial charge in [-0.1, -0.05) is 42.5 Å². The summed E-state index contributed by atoms with van der Waals surface area (Å²) in [5.41, 5.74) is 3.31. The molecule has 0 radical (unpaired) electrons. The van der Waals surface area contributed by atoms with E-state index in [1.54, 1.807) is 0 Å². The van der Waals surface area contributed by atoms with Crippen LogP contribution >= 0.6 is 0 Å². The largest absolute Gasteiger partial charge is 0.494 e. The van der Waals surface area contributed by atoms with Gasteiger partial charge in [0, 0.05) is 17.7 Å². The van der Waals surface area contributed by atoms with Gasteiger partial charge in [-0.3, -0.25) is 9.69 Å². The topological polar surface area (TPSA) is 38.8 Å². The third-order valence-electron chi connectivity index (χ3n) is 6.61. The van der Waals surface area contributed by atoms with Crippen molar-refractivity contribution in [2.24, 2.45) is 0 Å². The number of ether oxygens (including phenoxy) is 2. The molecule has 1 heterocycles. The summed E-state index contributed by atoms with van der Waals surface area (Å²) < 4.78 is 11.6. The van der Waals surface area contributed by atoms with Crippen molar-refractivity contribution in [1.29, 1.82) is 0 Å². The maximum atomic E-state index is 13.9. The Morgan fingerprint density at radius 1 is 0.829 bits per heavy atom. The normalized spacial score (nSPS) is 13.7. The minimum atomic E-state index is 0.00206. The molecule has 1 aliphatic heterocycles. The Labute approximate surface area is 207 Å². The highest BCUT2D eigenvalue weighted by Crippen LogP contribution is 2.34. The van der Waals surface area contributed by atoms with Crippen molar-refractivity contribution in [2.75, 3.05) is 32.8 Å². The quantitative estimate of drug-likeness (QED) is 0.261. The summed E-state index contributed by atoms with van der Waals surface area (Å²) in [5.74, 6) is 1.60. The average molecular weight is 466 g/mol. The summed E-state index contributed by atoms with van der Waals surface area (Å²) in [5, 5.41) is 1.91. The smallest absolute Gasteiger partial charge is 0.194 e. The van der Waals surface area contributed by atoms with Crippen LogP contribution in [0.2, 0.25) is 0 Å². The molecular formula is C31H31NO3. The minimum Gasteiger partial charge on any atom is -0.494 e. The standard InChI is InChI=1S/C31H31NO3/c1-2-34-27-15-17-29-25(22-27)12-16-28(23-8-4-3-5-9-23)30(29)31(33)24-10-13-26(14-11-24)35-21-20-32-18-6-7-19-32/h3-5,8-17,22H,2,6-7,18-21H2,1H3. The van der Waals surface area contributed by atoms with E-state index >= 15 is 0 Å². The highest BCUT2D eigenvalue weighted by atomic mass is 16.5. The number of hydrogen-bond acceptors (Lipinski definition) is 4. The Balaban J connectivity index is 1.45. The Hall–Kier alpha value is -3.63. The zero-order valence-electron chi connectivity index (χ0n) is 20.2. The van der Waals surface area contributed by atoms with Gasteiger partial charge < -0.3 is 9.47 Å². The summed E-state index contributed by atoms with van der Waals surface area (Å²) in [6.07, 6.45) is 2.56. The van der Waals surface area contributed by atoms with E-state index < -0.39 is 0 Å². The highest BCUT2D eigenvalue weighted by molar-refractivity contribution is 6.20. The van der Waals surface area contributed by atoms with Crippen LogP contribution in [0.15, 0.2) is 84.9 Å². The van der Waals surface area contributed by atoms with E-state index in [4.69, 9.17) is 9.47 Å². The maximum absolute atomic E-state index is 13.9. The first kappa shape index (κ1) is 23.1. The number of carbonyl (C=O) groups is 1. The highest BCUT2D eigenvalue weighted by Gasteiger charge is 2.19. The molecule has 0 unspecified atom stereocenters. The molecule has 4 aromatic carbocycles. The summed E-state index contributed by atoms with van der Waals surface area (Å²) >= 11 is 0. The molecule has 4 aromatic rings. The van der Waals surface area contributed by atoms with Crippen molar-refractivity contribution < 1.29 is 14.3 Å². The number of likely N-dealkylation sites (tertiary alicyclic amines) is 1. The molecule has 0 amide bonds. The van der Waals surface area contributed by atoms with E-state index in [1.165, 1.54) is 12.8 Å². The molecule has 1 saturated heterocycles. The summed E-state index contributed by atoms with van der Waals surface area (Å²) in [6, 6.07) is 27.7. The molecule has 0 atom stereocenters. The molecule has 0 aliphatic carbocycles. The second kappa shape index (κ2) is 10.7. The molecule has 1 fully saturated rings. The molecular weight excluding hydrogens is 434 g/mol. The molecule has 4 heteroatoms. The van der Waals surface area contributed by atoms with Crippen molar-refractivity contribution >= 4 is 16.6 Å². The number of carbonyl (C=O) groups excluding carboxylic acids is 1. The summed E-state index contributed by atoms with van der Waals surface area (Å²) in [7, 11) is 0. The lowest BCUT2D eigenvalue weighted by Crippen LogP contribution is -2.25. The van der Waals surface area contributed by atoms with Crippen molar-refractivity contribution in [3.63, 3.8) is 0 Å². The molecule has 0 N–H and O–H groups in total. The zero-order chi connectivity index (χ0) is 24.0. The number of fused-ring (bicyclic) bond motifs is 1. The molecule has 0 bridgehead atoms. The Kier molecular flexibility index (Phi) is 7.10. The predicted octanol–water partition coefficient (Wildman–Crippen LogP) is 6.61. The number of nitrogens with zero attached hydrogens (tertiary/aromatic N) is 1. The first-order valence-corrected chi connectivity index (χ1v) is 12.5. The predicted molar refractivity (Wildman–Crippen MR) is 142 cm³/mol. The summed E-state index contributed by atoms with van der Waals surface area (Å²) in [6.45, 7) is 6.51. The van der Waals surface area contributed by atoms with Gasteiger partial charge in [0.15, 0.2) is 5.78 Å². The number of rotatable bonds is 9.